The lowest BCUT2D eigenvalue weighted by atomic mass is 10.3. The van der Waals surface area contributed by atoms with Crippen LogP contribution in [0.15, 0.2) is 18.2 Å². The molecule has 1 saturated heterocycles. The lowest BCUT2D eigenvalue weighted by molar-refractivity contribution is 0.276. The first kappa shape index (κ1) is 13.5. The van der Waals surface area contributed by atoms with Crippen LogP contribution in [0, 0.1) is 5.82 Å². The molecule has 1 aliphatic rings. The fourth-order valence-electron chi connectivity index (χ4n) is 2.89. The second-order valence-corrected chi connectivity index (χ2v) is 5.37. The third-order valence-corrected chi connectivity index (χ3v) is 3.89. The maximum atomic E-state index is 13.3. The van der Waals surface area contributed by atoms with E-state index in [0.29, 0.717) is 11.9 Å². The molecule has 1 N–H and O–H groups in total. The molecule has 0 spiro atoms. The van der Waals surface area contributed by atoms with E-state index in [4.69, 9.17) is 5.11 Å². The van der Waals surface area contributed by atoms with Crippen LogP contribution in [0.2, 0.25) is 0 Å². The topological polar surface area (TPSA) is 41.3 Å². The number of aliphatic hydroxyl groups excluding tert-OH is 1. The van der Waals surface area contributed by atoms with Crippen LogP contribution in [-0.4, -0.2) is 39.3 Å². The largest absolute Gasteiger partial charge is 0.396 e. The van der Waals surface area contributed by atoms with E-state index < -0.39 is 0 Å². The van der Waals surface area contributed by atoms with E-state index in [2.05, 4.69) is 14.5 Å². The number of hydrogen-bond acceptors (Lipinski definition) is 3. The van der Waals surface area contributed by atoms with Gasteiger partial charge in [0.1, 0.15) is 11.6 Å². The second-order valence-electron chi connectivity index (χ2n) is 5.37. The average molecular weight is 277 g/mol. The number of hydrogen-bond donors (Lipinski definition) is 1. The molecule has 108 valence electrons. The minimum atomic E-state index is -0.253. The number of rotatable bonds is 5. The highest BCUT2D eigenvalue weighted by atomic mass is 19.1. The van der Waals surface area contributed by atoms with Crippen molar-refractivity contribution in [3.8, 4) is 0 Å². The second kappa shape index (κ2) is 5.89. The van der Waals surface area contributed by atoms with Crippen molar-refractivity contribution in [3.05, 3.63) is 29.8 Å². The van der Waals surface area contributed by atoms with Gasteiger partial charge >= 0.3 is 0 Å². The highest BCUT2D eigenvalue weighted by molar-refractivity contribution is 5.76. The van der Waals surface area contributed by atoms with Crippen LogP contribution in [0.1, 0.15) is 25.1 Å². The molecular formula is C15H20FN3O. The lowest BCUT2D eigenvalue weighted by Gasteiger charge is -2.15. The molecule has 0 aliphatic carbocycles. The number of aliphatic hydroxyl groups is 1. The molecule has 2 aromatic rings. The van der Waals surface area contributed by atoms with Crippen molar-refractivity contribution in [2.24, 2.45) is 0 Å². The molecule has 0 radical (unpaired) electrons. The van der Waals surface area contributed by atoms with E-state index in [9.17, 15) is 4.39 Å². The van der Waals surface area contributed by atoms with Gasteiger partial charge in [0.25, 0.3) is 0 Å². The third-order valence-electron chi connectivity index (χ3n) is 3.89. The van der Waals surface area contributed by atoms with E-state index in [1.807, 2.05) is 0 Å². The van der Waals surface area contributed by atoms with Gasteiger partial charge in [-0.1, -0.05) is 0 Å². The Kier molecular flexibility index (Phi) is 3.98. The number of fused-ring (bicyclic) bond motifs is 1. The van der Waals surface area contributed by atoms with Crippen LogP contribution in [0.3, 0.4) is 0 Å². The van der Waals surface area contributed by atoms with Crippen molar-refractivity contribution < 1.29 is 9.50 Å². The van der Waals surface area contributed by atoms with Crippen LogP contribution in [0.25, 0.3) is 11.0 Å². The molecule has 4 nitrogen and oxygen atoms in total. The fourth-order valence-corrected chi connectivity index (χ4v) is 2.89. The minimum absolute atomic E-state index is 0.157. The number of imidazole rings is 1. The first-order valence-electron chi connectivity index (χ1n) is 7.26. The Morgan fingerprint density at radius 1 is 1.25 bits per heavy atom. The van der Waals surface area contributed by atoms with Crippen LogP contribution < -0.4 is 0 Å². The third kappa shape index (κ3) is 2.69. The predicted octanol–water partition coefficient (Wildman–Crippen LogP) is 2.15. The standard InChI is InChI=1S/C15H20FN3O/c16-12-4-5-14-13(10-12)17-15(19(14)8-3-9-20)11-18-6-1-2-7-18/h4-5,10,20H,1-3,6-9,11H2. The molecule has 3 rings (SSSR count). The summed E-state index contributed by atoms with van der Waals surface area (Å²) in [6.45, 7) is 3.91. The lowest BCUT2D eigenvalue weighted by Crippen LogP contribution is -2.21. The number of aryl methyl sites for hydroxylation is 1. The summed E-state index contributed by atoms with van der Waals surface area (Å²) in [4.78, 5) is 6.97. The van der Waals surface area contributed by atoms with Crippen LogP contribution >= 0.6 is 0 Å². The van der Waals surface area contributed by atoms with Crippen molar-refractivity contribution in [2.75, 3.05) is 19.7 Å². The van der Waals surface area contributed by atoms with Crippen LogP contribution in [-0.2, 0) is 13.1 Å². The molecule has 1 aromatic carbocycles. The Bertz CT molecular complexity index is 590. The van der Waals surface area contributed by atoms with Crippen molar-refractivity contribution in [1.82, 2.24) is 14.5 Å². The van der Waals surface area contributed by atoms with Crippen molar-refractivity contribution in [2.45, 2.75) is 32.4 Å². The van der Waals surface area contributed by atoms with Gasteiger partial charge in [-0.2, -0.15) is 0 Å². The zero-order valence-corrected chi connectivity index (χ0v) is 11.6. The van der Waals surface area contributed by atoms with E-state index in [1.165, 1.54) is 25.0 Å². The normalized spacial score (nSPS) is 16.3. The molecule has 0 saturated carbocycles. The predicted molar refractivity (Wildman–Crippen MR) is 75.9 cm³/mol. The van der Waals surface area contributed by atoms with E-state index in [-0.39, 0.29) is 12.4 Å². The Hall–Kier alpha value is -1.46. The molecule has 0 amide bonds. The van der Waals surface area contributed by atoms with Crippen molar-refractivity contribution in [1.29, 1.82) is 0 Å². The number of benzene rings is 1. The summed E-state index contributed by atoms with van der Waals surface area (Å²) < 4.78 is 15.4. The monoisotopic (exact) mass is 277 g/mol. The molecule has 5 heteroatoms. The molecule has 2 heterocycles. The average Bonchev–Trinajstić information content (AvgIpc) is 3.04. The zero-order chi connectivity index (χ0) is 13.9. The van der Waals surface area contributed by atoms with Gasteiger partial charge in [0.05, 0.1) is 17.6 Å². The van der Waals surface area contributed by atoms with Crippen molar-refractivity contribution in [3.63, 3.8) is 0 Å². The summed E-state index contributed by atoms with van der Waals surface area (Å²) in [7, 11) is 0. The zero-order valence-electron chi connectivity index (χ0n) is 11.6. The van der Waals surface area contributed by atoms with Gasteiger partial charge in [-0.3, -0.25) is 4.90 Å². The highest BCUT2D eigenvalue weighted by Crippen LogP contribution is 2.20. The van der Waals surface area contributed by atoms with Gasteiger partial charge in [0, 0.05) is 19.2 Å². The van der Waals surface area contributed by atoms with Crippen molar-refractivity contribution >= 4 is 11.0 Å². The maximum Gasteiger partial charge on any atom is 0.125 e. The first-order valence-corrected chi connectivity index (χ1v) is 7.26. The summed E-state index contributed by atoms with van der Waals surface area (Å²) in [6, 6.07) is 4.74. The summed E-state index contributed by atoms with van der Waals surface area (Å²) in [5, 5.41) is 9.05. The highest BCUT2D eigenvalue weighted by Gasteiger charge is 2.17. The van der Waals surface area contributed by atoms with E-state index in [0.717, 1.165) is 37.5 Å². The number of aromatic nitrogens is 2. The summed E-state index contributed by atoms with van der Waals surface area (Å²) in [5.41, 5.74) is 1.66. The van der Waals surface area contributed by atoms with Gasteiger partial charge in [0.15, 0.2) is 0 Å². The van der Waals surface area contributed by atoms with E-state index >= 15 is 0 Å². The Morgan fingerprint density at radius 2 is 2.05 bits per heavy atom. The Morgan fingerprint density at radius 3 is 2.80 bits per heavy atom. The molecule has 0 unspecified atom stereocenters. The molecule has 1 aliphatic heterocycles. The molecular weight excluding hydrogens is 257 g/mol. The van der Waals surface area contributed by atoms with Crippen LogP contribution in [0.5, 0.6) is 0 Å². The maximum absolute atomic E-state index is 13.3. The van der Waals surface area contributed by atoms with Gasteiger partial charge in [-0.15, -0.1) is 0 Å². The molecule has 1 aromatic heterocycles. The van der Waals surface area contributed by atoms with Gasteiger partial charge in [0.2, 0.25) is 0 Å². The number of halogens is 1. The first-order chi connectivity index (χ1) is 9.78. The van der Waals surface area contributed by atoms with Gasteiger partial charge in [-0.05, 0) is 44.5 Å². The Labute approximate surface area is 117 Å². The van der Waals surface area contributed by atoms with Crippen LogP contribution in [0.4, 0.5) is 4.39 Å². The molecule has 0 bridgehead atoms. The smallest absolute Gasteiger partial charge is 0.125 e. The summed E-state index contributed by atoms with van der Waals surface area (Å²) >= 11 is 0. The molecule has 1 fully saturated rings. The molecule has 0 atom stereocenters. The number of nitrogens with zero attached hydrogens (tertiary/aromatic N) is 3. The fraction of sp³-hybridized carbons (Fsp3) is 0.533. The van der Waals surface area contributed by atoms with E-state index in [1.54, 1.807) is 6.07 Å². The Balaban J connectivity index is 1.94. The van der Waals surface area contributed by atoms with Gasteiger partial charge < -0.3 is 9.67 Å². The number of likely N-dealkylation sites (tertiary alicyclic amines) is 1. The quantitative estimate of drug-likeness (QED) is 0.910. The summed E-state index contributed by atoms with van der Waals surface area (Å²) in [6.07, 6.45) is 3.17. The molecule has 20 heavy (non-hydrogen) atoms. The SMILES string of the molecule is OCCCn1c(CN2CCCC2)nc2cc(F)ccc21. The minimum Gasteiger partial charge on any atom is -0.396 e. The van der Waals surface area contributed by atoms with Gasteiger partial charge in [-0.25, -0.2) is 9.37 Å². The summed E-state index contributed by atoms with van der Waals surface area (Å²) in [5.74, 6) is 0.720.